The van der Waals surface area contributed by atoms with Crippen LogP contribution in [0.4, 0.5) is 15.8 Å². The first-order chi connectivity index (χ1) is 10.2. The van der Waals surface area contributed by atoms with Crippen LogP contribution >= 0.6 is 0 Å². The number of fused-ring (bicyclic) bond motifs is 1. The van der Waals surface area contributed by atoms with Gasteiger partial charge in [0.2, 0.25) is 0 Å². The molecule has 0 unspecified atom stereocenters. The summed E-state index contributed by atoms with van der Waals surface area (Å²) in [5.74, 6) is -0.699. The quantitative estimate of drug-likeness (QED) is 0.758. The highest BCUT2D eigenvalue weighted by molar-refractivity contribution is 6.13. The first kappa shape index (κ1) is 13.1. The van der Waals surface area contributed by atoms with Gasteiger partial charge in [0.15, 0.2) is 0 Å². The Balaban J connectivity index is 2.03. The van der Waals surface area contributed by atoms with E-state index in [1.807, 2.05) is 0 Å². The van der Waals surface area contributed by atoms with Crippen LogP contribution in [0.5, 0.6) is 0 Å². The molecule has 0 bridgehead atoms. The Morgan fingerprint density at radius 2 is 1.86 bits per heavy atom. The van der Waals surface area contributed by atoms with Gasteiger partial charge in [-0.3, -0.25) is 9.78 Å². The van der Waals surface area contributed by atoms with E-state index in [1.54, 1.807) is 30.3 Å². The molecule has 3 aromatic rings. The molecule has 0 atom stereocenters. The number of nitrogens with zero attached hydrogens (tertiary/aromatic N) is 1. The molecule has 0 aliphatic carbocycles. The number of halogens is 1. The van der Waals surface area contributed by atoms with Crippen LogP contribution in [-0.2, 0) is 0 Å². The number of nitrogens with one attached hydrogen (secondary N) is 1. The average molecular weight is 281 g/mol. The average Bonchev–Trinajstić information content (AvgIpc) is 2.50. The molecule has 2 aromatic carbocycles. The second-order valence-corrected chi connectivity index (χ2v) is 4.56. The topological polar surface area (TPSA) is 68.0 Å². The smallest absolute Gasteiger partial charge is 0.256 e. The zero-order valence-corrected chi connectivity index (χ0v) is 11.0. The number of pyridine rings is 1. The molecule has 5 heteroatoms. The Kier molecular flexibility index (Phi) is 3.23. The maximum atomic E-state index is 13.8. The third-order valence-corrected chi connectivity index (χ3v) is 3.22. The Morgan fingerprint density at radius 1 is 1.10 bits per heavy atom. The molecule has 1 amide bonds. The number of carbonyl (C=O) groups is 1. The minimum atomic E-state index is -0.356. The Labute approximate surface area is 120 Å². The highest BCUT2D eigenvalue weighted by atomic mass is 19.1. The van der Waals surface area contributed by atoms with Gasteiger partial charge in [-0.15, -0.1) is 0 Å². The third-order valence-electron chi connectivity index (χ3n) is 3.22. The van der Waals surface area contributed by atoms with Crippen molar-refractivity contribution >= 4 is 28.1 Å². The van der Waals surface area contributed by atoms with Crippen molar-refractivity contribution in [3.63, 3.8) is 0 Å². The Morgan fingerprint density at radius 3 is 2.62 bits per heavy atom. The lowest BCUT2D eigenvalue weighted by molar-refractivity contribution is 0.102. The van der Waals surface area contributed by atoms with Crippen molar-refractivity contribution < 1.29 is 9.18 Å². The van der Waals surface area contributed by atoms with Crippen LogP contribution in [0.1, 0.15) is 10.4 Å². The molecule has 0 saturated heterocycles. The van der Waals surface area contributed by atoms with Crippen molar-refractivity contribution in [3.05, 3.63) is 66.2 Å². The number of rotatable bonds is 2. The number of hydrogen-bond acceptors (Lipinski definition) is 3. The fourth-order valence-corrected chi connectivity index (χ4v) is 2.17. The van der Waals surface area contributed by atoms with Gasteiger partial charge in [-0.2, -0.15) is 0 Å². The summed E-state index contributed by atoms with van der Waals surface area (Å²) < 4.78 is 13.8. The normalized spacial score (nSPS) is 10.5. The molecule has 104 valence electrons. The van der Waals surface area contributed by atoms with Gasteiger partial charge in [0, 0.05) is 17.1 Å². The minimum Gasteiger partial charge on any atom is -0.396 e. The number of nitrogens with two attached hydrogens (primary N) is 1. The van der Waals surface area contributed by atoms with Gasteiger partial charge in [0.25, 0.3) is 5.91 Å². The highest BCUT2D eigenvalue weighted by Gasteiger charge is 2.13. The number of carbonyl (C=O) groups excluding carboxylic acids is 1. The van der Waals surface area contributed by atoms with Gasteiger partial charge in [0.1, 0.15) is 5.82 Å². The summed E-state index contributed by atoms with van der Waals surface area (Å²) in [5, 5.41) is 3.68. The van der Waals surface area contributed by atoms with Crippen molar-refractivity contribution in [1.29, 1.82) is 0 Å². The lowest BCUT2D eigenvalue weighted by Crippen LogP contribution is -2.14. The van der Waals surface area contributed by atoms with E-state index in [0.717, 1.165) is 0 Å². The number of amides is 1. The minimum absolute atomic E-state index is 0.343. The number of benzene rings is 2. The van der Waals surface area contributed by atoms with Gasteiger partial charge in [-0.1, -0.05) is 24.3 Å². The first-order valence-electron chi connectivity index (χ1n) is 6.35. The molecular formula is C16H12FN3O. The van der Waals surface area contributed by atoms with E-state index in [0.29, 0.717) is 27.7 Å². The molecule has 0 saturated carbocycles. The SMILES string of the molecule is Nc1cnccc1NC(=O)c1ccc(F)c2ccccc12. The summed E-state index contributed by atoms with van der Waals surface area (Å²) in [4.78, 5) is 16.2. The molecule has 1 aromatic heterocycles. The lowest BCUT2D eigenvalue weighted by atomic mass is 10.0. The summed E-state index contributed by atoms with van der Waals surface area (Å²) in [6.45, 7) is 0. The van der Waals surface area contributed by atoms with E-state index in [4.69, 9.17) is 5.73 Å². The molecule has 0 fully saturated rings. The predicted octanol–water partition coefficient (Wildman–Crippen LogP) is 3.21. The van der Waals surface area contributed by atoms with Crippen molar-refractivity contribution in [2.45, 2.75) is 0 Å². The van der Waals surface area contributed by atoms with E-state index >= 15 is 0 Å². The van der Waals surface area contributed by atoms with Crippen LogP contribution in [-0.4, -0.2) is 10.9 Å². The summed E-state index contributed by atoms with van der Waals surface area (Å²) in [6.07, 6.45) is 2.99. The van der Waals surface area contributed by atoms with Crippen molar-refractivity contribution in [3.8, 4) is 0 Å². The monoisotopic (exact) mass is 281 g/mol. The summed E-state index contributed by atoms with van der Waals surface area (Å²) >= 11 is 0. The fraction of sp³-hybridized carbons (Fsp3) is 0. The Hall–Kier alpha value is -2.95. The fourth-order valence-electron chi connectivity index (χ4n) is 2.17. The molecule has 3 N–H and O–H groups in total. The van der Waals surface area contributed by atoms with Crippen molar-refractivity contribution in [1.82, 2.24) is 4.98 Å². The van der Waals surface area contributed by atoms with Gasteiger partial charge in [0.05, 0.1) is 17.6 Å². The first-order valence-corrected chi connectivity index (χ1v) is 6.35. The van der Waals surface area contributed by atoms with Crippen molar-refractivity contribution in [2.24, 2.45) is 0 Å². The van der Waals surface area contributed by atoms with Crippen molar-refractivity contribution in [2.75, 3.05) is 11.1 Å². The predicted molar refractivity (Wildman–Crippen MR) is 80.5 cm³/mol. The largest absolute Gasteiger partial charge is 0.396 e. The van der Waals surface area contributed by atoms with E-state index in [-0.39, 0.29) is 11.7 Å². The second-order valence-electron chi connectivity index (χ2n) is 4.56. The molecule has 3 rings (SSSR count). The zero-order chi connectivity index (χ0) is 14.8. The summed E-state index contributed by atoms with van der Waals surface area (Å²) in [5.41, 5.74) is 6.99. The maximum absolute atomic E-state index is 13.8. The van der Waals surface area contributed by atoms with E-state index in [2.05, 4.69) is 10.3 Å². The standard InChI is InChI=1S/C16H12FN3O/c17-13-6-5-12(10-3-1-2-4-11(10)13)16(21)20-15-7-8-19-9-14(15)18/h1-9H,18H2,(H,19,20,21). The molecular weight excluding hydrogens is 269 g/mol. The van der Waals surface area contributed by atoms with Crippen LogP contribution in [0, 0.1) is 5.82 Å². The second kappa shape index (κ2) is 5.20. The van der Waals surface area contributed by atoms with Crippen LogP contribution in [0.2, 0.25) is 0 Å². The van der Waals surface area contributed by atoms with Gasteiger partial charge >= 0.3 is 0 Å². The lowest BCUT2D eigenvalue weighted by Gasteiger charge is -2.10. The molecule has 0 spiro atoms. The van der Waals surface area contributed by atoms with Crippen LogP contribution < -0.4 is 11.1 Å². The van der Waals surface area contributed by atoms with Gasteiger partial charge < -0.3 is 11.1 Å². The highest BCUT2D eigenvalue weighted by Crippen LogP contribution is 2.23. The maximum Gasteiger partial charge on any atom is 0.256 e. The number of anilines is 2. The molecule has 4 nitrogen and oxygen atoms in total. The molecule has 1 heterocycles. The van der Waals surface area contributed by atoms with Gasteiger partial charge in [-0.05, 0) is 23.6 Å². The summed E-state index contributed by atoms with van der Waals surface area (Å²) in [7, 11) is 0. The number of hydrogen-bond donors (Lipinski definition) is 2. The molecule has 0 aliphatic heterocycles. The van der Waals surface area contributed by atoms with E-state index in [1.165, 1.54) is 24.5 Å². The van der Waals surface area contributed by atoms with E-state index in [9.17, 15) is 9.18 Å². The summed E-state index contributed by atoms with van der Waals surface area (Å²) in [6, 6.07) is 11.2. The van der Waals surface area contributed by atoms with Gasteiger partial charge in [-0.25, -0.2) is 4.39 Å². The molecule has 0 radical (unpaired) electrons. The third kappa shape index (κ3) is 2.41. The van der Waals surface area contributed by atoms with E-state index < -0.39 is 0 Å². The van der Waals surface area contributed by atoms with Crippen LogP contribution in [0.15, 0.2) is 54.9 Å². The number of aromatic nitrogens is 1. The zero-order valence-electron chi connectivity index (χ0n) is 11.0. The Bertz CT molecular complexity index is 833. The molecule has 0 aliphatic rings. The number of nitrogen functional groups attached to an aromatic ring is 1. The van der Waals surface area contributed by atoms with Crippen LogP contribution in [0.3, 0.4) is 0 Å². The molecule has 21 heavy (non-hydrogen) atoms. The van der Waals surface area contributed by atoms with Crippen LogP contribution in [0.25, 0.3) is 10.8 Å².